The summed E-state index contributed by atoms with van der Waals surface area (Å²) in [6, 6.07) is 0. The molecule has 216 valence electrons. The third-order valence-electron chi connectivity index (χ3n) is 8.35. The Hall–Kier alpha value is -1.63. The molecule has 1 aromatic heterocycles. The molecular weight excluding hydrogens is 547 g/mol. The molecule has 4 atom stereocenters. The summed E-state index contributed by atoms with van der Waals surface area (Å²) >= 11 is 0. The average Bonchev–Trinajstić information content (AvgIpc) is 3.40. The number of nitrogens with zero attached hydrogens (tertiary/aromatic N) is 3. The van der Waals surface area contributed by atoms with E-state index in [4.69, 9.17) is 23.5 Å². The van der Waals surface area contributed by atoms with Gasteiger partial charge >= 0.3 is 0 Å². The maximum atomic E-state index is 12.8. The summed E-state index contributed by atoms with van der Waals surface area (Å²) in [5.74, 6) is -0.442. The van der Waals surface area contributed by atoms with Crippen molar-refractivity contribution in [1.29, 1.82) is 0 Å². The second-order valence-electron chi connectivity index (χ2n) is 13.0. The van der Waals surface area contributed by atoms with Crippen LogP contribution >= 0.6 is 0 Å². The molecule has 0 aliphatic carbocycles. The van der Waals surface area contributed by atoms with E-state index in [2.05, 4.69) is 70.3 Å². The van der Waals surface area contributed by atoms with Gasteiger partial charge in [0.15, 0.2) is 28.5 Å². The molecule has 1 saturated heterocycles. The van der Waals surface area contributed by atoms with Gasteiger partial charge in [0.1, 0.15) is 17.9 Å². The second-order valence-corrected chi connectivity index (χ2v) is 23.9. The molecule has 1 fully saturated rings. The first-order valence-electron chi connectivity index (χ1n) is 12.6. The van der Waals surface area contributed by atoms with E-state index in [1.54, 1.807) is 0 Å². The van der Waals surface area contributed by atoms with Gasteiger partial charge in [0.05, 0.1) is 23.9 Å². The Labute approximate surface area is 228 Å². The standard InChI is InChI=1S/C23H43N5O7SSi2/c1-21(2,3)37(8,9)32-13-17-23(16(24)14-36(30,31)35-23)18(34-38(10,11)22(4,5)6)20(33-17)28-15(12-26-27-28)19(29)25-7/h12,14,17-18,20H,13,24H2,1-11H3,(H,25,29). The van der Waals surface area contributed by atoms with E-state index >= 15 is 0 Å². The summed E-state index contributed by atoms with van der Waals surface area (Å²) in [4.78, 5) is 12.7. The maximum Gasteiger partial charge on any atom is 0.292 e. The average molecular weight is 590 g/mol. The smallest absolute Gasteiger partial charge is 0.292 e. The van der Waals surface area contributed by atoms with Crippen LogP contribution in [0, 0.1) is 0 Å². The van der Waals surface area contributed by atoms with Crippen LogP contribution in [0.4, 0.5) is 0 Å². The molecule has 0 radical (unpaired) electrons. The number of carbonyl (C=O) groups excluding carboxylic acids is 1. The van der Waals surface area contributed by atoms with Crippen LogP contribution in [-0.2, 0) is 27.9 Å². The van der Waals surface area contributed by atoms with Crippen LogP contribution in [0.2, 0.25) is 36.3 Å². The number of aromatic nitrogens is 3. The number of ether oxygens (including phenoxy) is 1. The second kappa shape index (κ2) is 9.78. The molecule has 1 amide bonds. The SMILES string of the molecule is CNC(=O)c1cnnn1C1OC(CO[Si](C)(C)C(C)(C)C)C2(OS(=O)(=O)C=C2N)C1O[Si](C)(C)C(C)(C)C. The van der Waals surface area contributed by atoms with Gasteiger partial charge in [0.2, 0.25) is 0 Å². The largest absolute Gasteiger partial charge is 0.414 e. The number of carbonyl (C=O) groups is 1. The highest BCUT2D eigenvalue weighted by Crippen LogP contribution is 2.52. The first-order chi connectivity index (χ1) is 17.1. The number of amides is 1. The zero-order chi connectivity index (χ0) is 29.1. The highest BCUT2D eigenvalue weighted by molar-refractivity contribution is 7.90. The van der Waals surface area contributed by atoms with Crippen LogP contribution in [-0.4, -0.2) is 77.4 Å². The van der Waals surface area contributed by atoms with E-state index in [1.807, 2.05) is 13.1 Å². The Bertz CT molecular complexity index is 1200. The Kier molecular flexibility index (Phi) is 7.95. The molecule has 12 nitrogen and oxygen atoms in total. The minimum Gasteiger partial charge on any atom is -0.414 e. The summed E-state index contributed by atoms with van der Waals surface area (Å²) in [6.45, 7) is 20.7. The van der Waals surface area contributed by atoms with E-state index in [9.17, 15) is 13.2 Å². The molecule has 4 unspecified atom stereocenters. The van der Waals surface area contributed by atoms with Crippen molar-refractivity contribution in [3.63, 3.8) is 0 Å². The molecule has 0 bridgehead atoms. The Morgan fingerprint density at radius 2 is 1.74 bits per heavy atom. The van der Waals surface area contributed by atoms with Crippen molar-refractivity contribution in [2.75, 3.05) is 13.7 Å². The molecule has 1 spiro atoms. The number of hydrogen-bond acceptors (Lipinski definition) is 10. The Morgan fingerprint density at radius 3 is 2.21 bits per heavy atom. The summed E-state index contributed by atoms with van der Waals surface area (Å²) in [6.07, 6.45) is -1.82. The molecule has 38 heavy (non-hydrogen) atoms. The fourth-order valence-corrected chi connectivity index (χ4v) is 7.42. The van der Waals surface area contributed by atoms with Gasteiger partial charge in [-0.15, -0.1) is 5.10 Å². The van der Waals surface area contributed by atoms with E-state index < -0.39 is 56.7 Å². The van der Waals surface area contributed by atoms with Gasteiger partial charge in [-0.3, -0.25) is 4.79 Å². The molecule has 3 N–H and O–H groups in total. The highest BCUT2D eigenvalue weighted by atomic mass is 32.2. The van der Waals surface area contributed by atoms with E-state index in [-0.39, 0.29) is 28.1 Å². The van der Waals surface area contributed by atoms with Crippen molar-refractivity contribution in [3.05, 3.63) is 23.0 Å². The fraction of sp³-hybridized carbons (Fsp3) is 0.783. The number of nitrogens with two attached hydrogens (primary N) is 1. The molecule has 2 aliphatic rings. The zero-order valence-electron chi connectivity index (χ0n) is 24.3. The third kappa shape index (κ3) is 5.38. The van der Waals surface area contributed by atoms with Gasteiger partial charge in [-0.2, -0.15) is 8.42 Å². The summed E-state index contributed by atoms with van der Waals surface area (Å²) in [7, 11) is -7.55. The lowest BCUT2D eigenvalue weighted by Gasteiger charge is -2.43. The molecule has 3 heterocycles. The van der Waals surface area contributed by atoms with Gasteiger partial charge in [0.25, 0.3) is 16.0 Å². The van der Waals surface area contributed by atoms with Crippen LogP contribution in [0.5, 0.6) is 0 Å². The van der Waals surface area contributed by atoms with Crippen molar-refractivity contribution in [3.8, 4) is 0 Å². The minimum absolute atomic E-state index is 0.00157. The topological polar surface area (TPSA) is 157 Å². The lowest BCUT2D eigenvalue weighted by Crippen LogP contribution is -2.59. The predicted molar refractivity (Wildman–Crippen MR) is 148 cm³/mol. The van der Waals surface area contributed by atoms with E-state index in [1.165, 1.54) is 17.9 Å². The first kappa shape index (κ1) is 30.9. The van der Waals surface area contributed by atoms with E-state index in [0.29, 0.717) is 0 Å². The monoisotopic (exact) mass is 589 g/mol. The first-order valence-corrected chi connectivity index (χ1v) is 19.9. The minimum atomic E-state index is -4.15. The summed E-state index contributed by atoms with van der Waals surface area (Å²) in [5, 5.41) is 11.1. The quantitative estimate of drug-likeness (QED) is 0.358. The Morgan fingerprint density at radius 1 is 1.16 bits per heavy atom. The normalized spacial score (nSPS) is 28.1. The van der Waals surface area contributed by atoms with Crippen molar-refractivity contribution in [1.82, 2.24) is 20.3 Å². The van der Waals surface area contributed by atoms with Crippen LogP contribution in [0.1, 0.15) is 58.3 Å². The summed E-state index contributed by atoms with van der Waals surface area (Å²) in [5.41, 5.74) is 4.81. The van der Waals surface area contributed by atoms with Crippen molar-refractivity contribution in [2.24, 2.45) is 5.73 Å². The predicted octanol–water partition coefficient (Wildman–Crippen LogP) is 2.85. The zero-order valence-corrected chi connectivity index (χ0v) is 27.1. The van der Waals surface area contributed by atoms with Crippen molar-refractivity contribution < 1.29 is 31.0 Å². The van der Waals surface area contributed by atoms with Crippen LogP contribution in [0.25, 0.3) is 0 Å². The number of nitrogens with one attached hydrogen (secondary N) is 1. The van der Waals surface area contributed by atoms with Gasteiger partial charge in [-0.05, 0) is 36.3 Å². The molecule has 2 aliphatic heterocycles. The molecule has 15 heteroatoms. The van der Waals surface area contributed by atoms with Crippen LogP contribution in [0.3, 0.4) is 0 Å². The van der Waals surface area contributed by atoms with Gasteiger partial charge in [0, 0.05) is 7.05 Å². The van der Waals surface area contributed by atoms with E-state index in [0.717, 1.165) is 5.41 Å². The summed E-state index contributed by atoms with van der Waals surface area (Å²) < 4.78 is 52.5. The molecule has 0 saturated carbocycles. The maximum absolute atomic E-state index is 12.8. The fourth-order valence-electron chi connectivity index (χ4n) is 3.91. The lowest BCUT2D eigenvalue weighted by atomic mass is 9.89. The third-order valence-corrected chi connectivity index (χ3v) is 18.4. The van der Waals surface area contributed by atoms with Crippen LogP contribution < -0.4 is 11.1 Å². The highest BCUT2D eigenvalue weighted by Gasteiger charge is 2.67. The van der Waals surface area contributed by atoms with Crippen LogP contribution in [0.15, 0.2) is 17.3 Å². The van der Waals surface area contributed by atoms with Gasteiger partial charge < -0.3 is 24.6 Å². The molecule has 3 rings (SSSR count). The lowest BCUT2D eigenvalue weighted by molar-refractivity contribution is -0.0601. The molecular formula is C23H43N5O7SSi2. The molecule has 1 aromatic rings. The van der Waals surface area contributed by atoms with Gasteiger partial charge in [-0.1, -0.05) is 46.8 Å². The number of rotatable bonds is 7. The number of hydrogen-bond donors (Lipinski definition) is 2. The van der Waals surface area contributed by atoms with Gasteiger partial charge in [-0.25, -0.2) is 8.86 Å². The Balaban J connectivity index is 2.20. The molecule has 0 aromatic carbocycles. The van der Waals surface area contributed by atoms with Crippen molar-refractivity contribution in [2.45, 2.75) is 102 Å². The van der Waals surface area contributed by atoms with Crippen molar-refractivity contribution >= 4 is 32.7 Å².